The van der Waals surface area contributed by atoms with Crippen molar-refractivity contribution >= 4 is 0 Å². The summed E-state index contributed by atoms with van der Waals surface area (Å²) in [7, 11) is 0. The summed E-state index contributed by atoms with van der Waals surface area (Å²) in [4.78, 5) is 0. The maximum absolute atomic E-state index is 2.77. The lowest BCUT2D eigenvalue weighted by Crippen LogP contribution is -2.71. The molecule has 0 aromatic carbocycles. The quantitative estimate of drug-likeness (QED) is 0.0421. The van der Waals surface area contributed by atoms with Gasteiger partial charge in [0.15, 0.2) is 0 Å². The third-order valence-corrected chi connectivity index (χ3v) is 27.0. The van der Waals surface area contributed by atoms with Crippen LogP contribution in [0, 0.1) is 5.41 Å². The Kier molecular flexibility index (Phi) is 85.9. The molecule has 0 amide bonds. The van der Waals surface area contributed by atoms with Crippen molar-refractivity contribution in [1.29, 1.82) is 0 Å². The molecule has 0 heterocycles. The van der Waals surface area contributed by atoms with Crippen LogP contribution in [0.5, 0.6) is 0 Å². The molecule has 620 valence electrons. The summed E-state index contributed by atoms with van der Waals surface area (Å²) in [5.41, 5.74) is 0.846. The van der Waals surface area contributed by atoms with E-state index in [1.54, 1.807) is 32.1 Å². The summed E-state index contributed by atoms with van der Waals surface area (Å²) in [6, 6.07) is 0. The molecule has 103 heavy (non-hydrogen) atoms. The molecule has 0 saturated carbocycles. The first-order valence-corrected chi connectivity index (χ1v) is 50.8. The second kappa shape index (κ2) is 86.0. The molecule has 0 aromatic rings. The summed E-state index contributed by atoms with van der Waals surface area (Å²) in [6.45, 7) is 23.9. The standard InChI is InChI=1S/C102H208N/c1-9-17-23-29-35-41-47-53-59-65-71-77-83-89-95-101(96-90-84-78-72-66-60-54-48-42-36-30-24-18-10-2,97-91-85-79-73-67-61-55-49-43-37-31-25-19-11-3)102(98-92-86-80-74-68-62-56-50-44-38-32-26-20-12-4,99-93-87-81-75-69-63-57-51-45-39-33-27-21-13-5)103(15-7,16-8)100-94-88-82-76-70-64-58-52-46-40-34-28-22-14-6/h9-100H2,1-8H3/q+1. The van der Waals surface area contributed by atoms with Crippen LogP contribution in [0.3, 0.4) is 0 Å². The Morgan fingerprint density at radius 2 is 0.243 bits per heavy atom. The molecule has 0 aliphatic carbocycles. The second-order valence-electron chi connectivity index (χ2n) is 36.1. The first kappa shape index (κ1) is 103. The Hall–Kier alpha value is -0.0400. The zero-order valence-corrected chi connectivity index (χ0v) is 74.5. The van der Waals surface area contributed by atoms with Gasteiger partial charge in [-0.25, -0.2) is 0 Å². The number of hydrogen-bond acceptors (Lipinski definition) is 0. The summed E-state index contributed by atoms with van der Waals surface area (Å²) in [5, 5.41) is 0. The van der Waals surface area contributed by atoms with Crippen molar-refractivity contribution in [1.82, 2.24) is 0 Å². The largest absolute Gasteiger partial charge is 0.319 e. The minimum absolute atomic E-state index is 0.394. The van der Waals surface area contributed by atoms with Gasteiger partial charge in [-0.3, -0.25) is 0 Å². The maximum Gasteiger partial charge on any atom is 0.105 e. The lowest BCUT2D eigenvalue weighted by atomic mass is 9.55. The van der Waals surface area contributed by atoms with Crippen LogP contribution in [0.2, 0.25) is 0 Å². The Bertz CT molecular complexity index is 1380. The molecule has 0 aromatic heterocycles. The Labute approximate surface area is 658 Å². The van der Waals surface area contributed by atoms with E-state index in [1.807, 2.05) is 0 Å². The van der Waals surface area contributed by atoms with Gasteiger partial charge in [0, 0.05) is 18.3 Å². The molecule has 0 saturated heterocycles. The highest BCUT2D eigenvalue weighted by Gasteiger charge is 2.60. The van der Waals surface area contributed by atoms with Crippen molar-refractivity contribution in [2.45, 2.75) is 632 Å². The highest BCUT2D eigenvalue weighted by molar-refractivity contribution is 5.02. The van der Waals surface area contributed by atoms with Crippen LogP contribution in [0.4, 0.5) is 0 Å². The fraction of sp³-hybridized carbons (Fsp3) is 1.00. The molecule has 0 bridgehead atoms. The monoisotopic (exact) mass is 1450 g/mol. The fourth-order valence-corrected chi connectivity index (χ4v) is 19.9. The number of nitrogens with zero attached hydrogens (tertiary/aromatic N) is 1. The summed E-state index contributed by atoms with van der Waals surface area (Å²) >= 11 is 0. The highest BCUT2D eigenvalue weighted by Crippen LogP contribution is 2.57. The van der Waals surface area contributed by atoms with Crippen LogP contribution in [-0.2, 0) is 0 Å². The third-order valence-electron chi connectivity index (χ3n) is 27.0. The first-order valence-electron chi connectivity index (χ1n) is 50.8. The minimum Gasteiger partial charge on any atom is -0.319 e. The molecule has 1 nitrogen and oxygen atoms in total. The molecule has 0 fully saturated rings. The molecule has 0 atom stereocenters. The first-order chi connectivity index (χ1) is 51.0. The van der Waals surface area contributed by atoms with E-state index in [1.165, 1.54) is 563 Å². The van der Waals surface area contributed by atoms with Gasteiger partial charge in [0.05, 0.1) is 19.6 Å². The summed E-state index contributed by atoms with van der Waals surface area (Å²) in [5.74, 6) is 0. The lowest BCUT2D eigenvalue weighted by Gasteiger charge is -2.63. The fourth-order valence-electron chi connectivity index (χ4n) is 19.9. The van der Waals surface area contributed by atoms with E-state index in [0.29, 0.717) is 11.0 Å². The van der Waals surface area contributed by atoms with Crippen LogP contribution in [0.25, 0.3) is 0 Å². The van der Waals surface area contributed by atoms with Gasteiger partial charge in [0.1, 0.15) is 5.54 Å². The van der Waals surface area contributed by atoms with Crippen molar-refractivity contribution in [2.75, 3.05) is 19.6 Å². The van der Waals surface area contributed by atoms with Gasteiger partial charge in [-0.15, -0.1) is 0 Å². The van der Waals surface area contributed by atoms with Crippen molar-refractivity contribution in [3.05, 3.63) is 0 Å². The van der Waals surface area contributed by atoms with Crippen LogP contribution < -0.4 is 0 Å². The molecule has 0 N–H and O–H groups in total. The SMILES string of the molecule is CCCCCCCCCCCCCCCCC(CCCCCCCCCCCCCCCC)(CCCCCCCCCCCCCCCC)C(CCCCCCCCCCCCCCCC)(CCCCCCCCCCCCCCCC)[N+](CC)(CC)CCCCCCCCCCCCCCCC. The number of hydrogen-bond donors (Lipinski definition) is 0. The Balaban J connectivity index is 7.39. The maximum atomic E-state index is 2.77. The molecule has 0 aliphatic heterocycles. The van der Waals surface area contributed by atoms with Gasteiger partial charge in [-0.1, -0.05) is 555 Å². The Morgan fingerprint density at radius 3 is 0.379 bits per heavy atom. The van der Waals surface area contributed by atoms with Crippen LogP contribution >= 0.6 is 0 Å². The van der Waals surface area contributed by atoms with E-state index in [0.717, 1.165) is 0 Å². The van der Waals surface area contributed by atoms with Gasteiger partial charge < -0.3 is 4.48 Å². The molecule has 0 unspecified atom stereocenters. The van der Waals surface area contributed by atoms with Crippen molar-refractivity contribution in [3.8, 4) is 0 Å². The molecular weight excluding hydrogens is 1240 g/mol. The minimum atomic E-state index is 0.394. The average Bonchev–Trinajstić information content (AvgIpc) is 0.725. The van der Waals surface area contributed by atoms with Crippen molar-refractivity contribution < 1.29 is 4.48 Å². The summed E-state index contributed by atoms with van der Waals surface area (Å²) < 4.78 is 1.47. The molecule has 0 aliphatic rings. The van der Waals surface area contributed by atoms with Gasteiger partial charge >= 0.3 is 0 Å². The predicted octanol–water partition coefficient (Wildman–Crippen LogP) is 38.4. The van der Waals surface area contributed by atoms with Crippen LogP contribution in [0.1, 0.15) is 627 Å². The zero-order chi connectivity index (χ0) is 74.6. The van der Waals surface area contributed by atoms with Gasteiger partial charge in [-0.2, -0.15) is 0 Å². The smallest absolute Gasteiger partial charge is 0.105 e. The number of unbranched alkanes of at least 4 members (excludes halogenated alkanes) is 78. The molecular formula is C102H208N+. The molecule has 0 rings (SSSR count). The number of quaternary nitrogens is 1. The van der Waals surface area contributed by atoms with E-state index in [2.05, 4.69) is 55.4 Å². The van der Waals surface area contributed by atoms with Crippen LogP contribution in [-0.4, -0.2) is 29.7 Å². The van der Waals surface area contributed by atoms with E-state index < -0.39 is 0 Å². The van der Waals surface area contributed by atoms with Crippen molar-refractivity contribution in [2.24, 2.45) is 5.41 Å². The van der Waals surface area contributed by atoms with Gasteiger partial charge in [0.2, 0.25) is 0 Å². The average molecular weight is 1450 g/mol. The van der Waals surface area contributed by atoms with E-state index in [9.17, 15) is 0 Å². The normalized spacial score (nSPS) is 12.3. The predicted molar refractivity (Wildman–Crippen MR) is 476 cm³/mol. The summed E-state index contributed by atoms with van der Waals surface area (Å²) in [6.07, 6.45) is 132. The van der Waals surface area contributed by atoms with Gasteiger partial charge in [-0.05, 0) is 58.8 Å². The highest BCUT2D eigenvalue weighted by atomic mass is 15.4. The number of rotatable bonds is 94. The Morgan fingerprint density at radius 1 is 0.126 bits per heavy atom. The third kappa shape index (κ3) is 64.2. The second-order valence-corrected chi connectivity index (χ2v) is 36.1. The molecule has 1 heteroatoms. The lowest BCUT2D eigenvalue weighted by molar-refractivity contribution is -0.983. The molecule has 0 spiro atoms. The van der Waals surface area contributed by atoms with E-state index >= 15 is 0 Å². The van der Waals surface area contributed by atoms with Crippen molar-refractivity contribution in [3.63, 3.8) is 0 Å². The zero-order valence-electron chi connectivity index (χ0n) is 74.5. The topological polar surface area (TPSA) is 0 Å². The van der Waals surface area contributed by atoms with Crippen LogP contribution in [0.15, 0.2) is 0 Å². The van der Waals surface area contributed by atoms with E-state index in [-0.39, 0.29) is 0 Å². The molecule has 0 radical (unpaired) electrons. The van der Waals surface area contributed by atoms with E-state index in [4.69, 9.17) is 0 Å². The van der Waals surface area contributed by atoms with Gasteiger partial charge in [0.25, 0.3) is 0 Å².